The number of unbranched alkanes of at least 4 members (excludes halogenated alkanes) is 1. The molecule has 0 unspecified atom stereocenters. The molecule has 0 fully saturated rings. The van der Waals surface area contributed by atoms with Gasteiger partial charge in [-0.05, 0) is 12.8 Å². The lowest BCUT2D eigenvalue weighted by Gasteiger charge is -2.17. The third-order valence-electron chi connectivity index (χ3n) is 1.80. The summed E-state index contributed by atoms with van der Waals surface area (Å²) in [5.74, 6) is -0.126. The van der Waals surface area contributed by atoms with Crippen LogP contribution in [0.4, 0.5) is 0 Å². The van der Waals surface area contributed by atoms with E-state index in [-0.39, 0.29) is 5.91 Å². The Morgan fingerprint density at radius 2 is 2.08 bits per heavy atom. The molecule has 0 spiro atoms. The molecule has 0 aromatic rings. The minimum Gasteiger partial charge on any atom is -0.271 e. The number of hydrogen-bond acceptors (Lipinski definition) is 2. The lowest BCUT2D eigenvalue weighted by molar-refractivity contribution is -0.174. The molecular formula is C10H19NO2. The SMILES string of the molecule is C=C(CC)C(=O)N(C)OCCCC. The Morgan fingerprint density at radius 1 is 1.46 bits per heavy atom. The number of carbonyl (C=O) groups is 1. The predicted molar refractivity (Wildman–Crippen MR) is 53.1 cm³/mol. The molecule has 0 bridgehead atoms. The van der Waals surface area contributed by atoms with Gasteiger partial charge in [-0.3, -0.25) is 9.63 Å². The molecule has 0 rings (SSSR count). The second kappa shape index (κ2) is 6.66. The minimum absolute atomic E-state index is 0.126. The predicted octanol–water partition coefficient (Wildman–Crippen LogP) is 2.14. The van der Waals surface area contributed by atoms with Crippen molar-refractivity contribution < 1.29 is 9.63 Å². The summed E-state index contributed by atoms with van der Waals surface area (Å²) in [5, 5.41) is 1.27. The summed E-state index contributed by atoms with van der Waals surface area (Å²) in [6.45, 7) is 8.23. The van der Waals surface area contributed by atoms with Crippen molar-refractivity contribution >= 4 is 5.91 Å². The van der Waals surface area contributed by atoms with Crippen LogP contribution in [0.3, 0.4) is 0 Å². The second-order valence-corrected chi connectivity index (χ2v) is 2.95. The fourth-order valence-electron chi connectivity index (χ4n) is 0.778. The van der Waals surface area contributed by atoms with E-state index in [0.29, 0.717) is 18.6 Å². The topological polar surface area (TPSA) is 29.5 Å². The number of amides is 1. The molecule has 76 valence electrons. The van der Waals surface area contributed by atoms with Gasteiger partial charge >= 0.3 is 0 Å². The number of hydrogen-bond donors (Lipinski definition) is 0. The molecule has 0 atom stereocenters. The van der Waals surface area contributed by atoms with Crippen LogP contribution in [0.1, 0.15) is 33.1 Å². The number of hydroxylamine groups is 2. The highest BCUT2D eigenvalue weighted by molar-refractivity contribution is 5.91. The maximum Gasteiger partial charge on any atom is 0.272 e. The Labute approximate surface area is 80.3 Å². The van der Waals surface area contributed by atoms with E-state index in [4.69, 9.17) is 4.84 Å². The minimum atomic E-state index is -0.126. The number of likely N-dealkylation sites (N-methyl/N-ethyl adjacent to an activating group) is 1. The van der Waals surface area contributed by atoms with E-state index in [2.05, 4.69) is 13.5 Å². The quantitative estimate of drug-likeness (QED) is 0.360. The molecule has 0 heterocycles. The second-order valence-electron chi connectivity index (χ2n) is 2.95. The monoisotopic (exact) mass is 185 g/mol. The van der Waals surface area contributed by atoms with Crippen LogP contribution in [0.5, 0.6) is 0 Å². The Bertz CT molecular complexity index is 178. The van der Waals surface area contributed by atoms with Crippen molar-refractivity contribution in [2.45, 2.75) is 33.1 Å². The largest absolute Gasteiger partial charge is 0.272 e. The molecule has 3 nitrogen and oxygen atoms in total. The van der Waals surface area contributed by atoms with Crippen molar-refractivity contribution in [3.05, 3.63) is 12.2 Å². The molecule has 0 aliphatic heterocycles. The van der Waals surface area contributed by atoms with Gasteiger partial charge in [0.2, 0.25) is 0 Å². The highest BCUT2D eigenvalue weighted by Crippen LogP contribution is 2.02. The highest BCUT2D eigenvalue weighted by atomic mass is 16.7. The zero-order valence-corrected chi connectivity index (χ0v) is 8.80. The summed E-state index contributed by atoms with van der Waals surface area (Å²) in [6.07, 6.45) is 2.70. The highest BCUT2D eigenvalue weighted by Gasteiger charge is 2.10. The van der Waals surface area contributed by atoms with Gasteiger partial charge in [-0.25, -0.2) is 5.06 Å². The van der Waals surface area contributed by atoms with Crippen molar-refractivity contribution in [3.8, 4) is 0 Å². The van der Waals surface area contributed by atoms with Crippen LogP contribution in [0.15, 0.2) is 12.2 Å². The molecule has 0 radical (unpaired) electrons. The molecule has 0 saturated carbocycles. The smallest absolute Gasteiger partial charge is 0.271 e. The van der Waals surface area contributed by atoms with Crippen LogP contribution in [0.25, 0.3) is 0 Å². The Kier molecular flexibility index (Phi) is 6.24. The third kappa shape index (κ3) is 4.68. The summed E-state index contributed by atoms with van der Waals surface area (Å²) < 4.78 is 0. The van der Waals surface area contributed by atoms with Crippen molar-refractivity contribution in [2.75, 3.05) is 13.7 Å². The normalized spacial score (nSPS) is 9.77. The molecule has 13 heavy (non-hydrogen) atoms. The summed E-state index contributed by atoms with van der Waals surface area (Å²) in [4.78, 5) is 16.6. The number of rotatable bonds is 6. The lowest BCUT2D eigenvalue weighted by Crippen LogP contribution is -2.28. The Morgan fingerprint density at radius 3 is 2.54 bits per heavy atom. The van der Waals surface area contributed by atoms with Crippen molar-refractivity contribution in [1.29, 1.82) is 0 Å². The Hall–Kier alpha value is -0.830. The van der Waals surface area contributed by atoms with E-state index in [9.17, 15) is 4.79 Å². The van der Waals surface area contributed by atoms with Gasteiger partial charge in [-0.2, -0.15) is 0 Å². The first-order valence-electron chi connectivity index (χ1n) is 4.72. The van der Waals surface area contributed by atoms with Gasteiger partial charge in [-0.1, -0.05) is 26.8 Å². The Balaban J connectivity index is 3.76. The van der Waals surface area contributed by atoms with Crippen LogP contribution >= 0.6 is 0 Å². The van der Waals surface area contributed by atoms with Crippen molar-refractivity contribution in [3.63, 3.8) is 0 Å². The fourth-order valence-corrected chi connectivity index (χ4v) is 0.778. The fraction of sp³-hybridized carbons (Fsp3) is 0.700. The standard InChI is InChI=1S/C10H19NO2/c1-5-7-8-13-11(4)10(12)9(3)6-2/h3,5-8H2,1-2,4H3. The molecule has 1 amide bonds. The van der Waals surface area contributed by atoms with E-state index in [1.807, 2.05) is 6.92 Å². The zero-order valence-electron chi connectivity index (χ0n) is 8.80. The van der Waals surface area contributed by atoms with Crippen LogP contribution in [0, 0.1) is 0 Å². The summed E-state index contributed by atoms with van der Waals surface area (Å²) >= 11 is 0. The number of carbonyl (C=O) groups excluding carboxylic acids is 1. The van der Waals surface area contributed by atoms with Crippen LogP contribution in [0.2, 0.25) is 0 Å². The first-order chi connectivity index (χ1) is 6.13. The molecule has 3 heteroatoms. The maximum atomic E-state index is 11.4. The van der Waals surface area contributed by atoms with Gasteiger partial charge in [0.1, 0.15) is 0 Å². The molecule has 0 saturated heterocycles. The summed E-state index contributed by atoms with van der Waals surface area (Å²) in [5.41, 5.74) is 0.582. The van der Waals surface area contributed by atoms with E-state index < -0.39 is 0 Å². The first-order valence-corrected chi connectivity index (χ1v) is 4.72. The van der Waals surface area contributed by atoms with Gasteiger partial charge in [-0.15, -0.1) is 0 Å². The van der Waals surface area contributed by atoms with Crippen LogP contribution < -0.4 is 0 Å². The van der Waals surface area contributed by atoms with Gasteiger partial charge in [0, 0.05) is 12.6 Å². The van der Waals surface area contributed by atoms with Crippen molar-refractivity contribution in [1.82, 2.24) is 5.06 Å². The average molecular weight is 185 g/mol. The van der Waals surface area contributed by atoms with Crippen LogP contribution in [-0.4, -0.2) is 24.6 Å². The van der Waals surface area contributed by atoms with Gasteiger partial charge in [0.05, 0.1) is 6.61 Å². The van der Waals surface area contributed by atoms with E-state index in [1.54, 1.807) is 7.05 Å². The van der Waals surface area contributed by atoms with Gasteiger partial charge < -0.3 is 0 Å². The first kappa shape index (κ1) is 12.2. The number of nitrogens with zero attached hydrogens (tertiary/aromatic N) is 1. The van der Waals surface area contributed by atoms with E-state index in [1.165, 1.54) is 5.06 Å². The van der Waals surface area contributed by atoms with Crippen LogP contribution in [-0.2, 0) is 9.63 Å². The molecule has 0 aliphatic rings. The van der Waals surface area contributed by atoms with E-state index >= 15 is 0 Å². The molecule has 0 aliphatic carbocycles. The average Bonchev–Trinajstić information content (AvgIpc) is 2.15. The van der Waals surface area contributed by atoms with Gasteiger partial charge in [0.15, 0.2) is 0 Å². The molecule has 0 aromatic carbocycles. The zero-order chi connectivity index (χ0) is 10.3. The van der Waals surface area contributed by atoms with Crippen molar-refractivity contribution in [2.24, 2.45) is 0 Å². The molecule has 0 N–H and O–H groups in total. The molecule has 0 aromatic heterocycles. The third-order valence-corrected chi connectivity index (χ3v) is 1.80. The maximum absolute atomic E-state index is 11.4. The summed E-state index contributed by atoms with van der Waals surface area (Å²) in [7, 11) is 1.62. The van der Waals surface area contributed by atoms with Gasteiger partial charge in [0.25, 0.3) is 5.91 Å². The van der Waals surface area contributed by atoms with E-state index in [0.717, 1.165) is 12.8 Å². The summed E-state index contributed by atoms with van der Waals surface area (Å²) in [6, 6.07) is 0. The molecular weight excluding hydrogens is 166 g/mol. The lowest BCUT2D eigenvalue weighted by atomic mass is 10.2.